The van der Waals surface area contributed by atoms with E-state index in [1.807, 2.05) is 0 Å². The molecule has 0 radical (unpaired) electrons. The molecule has 3 fully saturated rings. The van der Waals surface area contributed by atoms with Crippen molar-refractivity contribution >= 4 is 5.91 Å². The van der Waals surface area contributed by atoms with Crippen molar-refractivity contribution in [3.8, 4) is 0 Å². The van der Waals surface area contributed by atoms with E-state index in [1.54, 1.807) is 0 Å². The smallest absolute Gasteiger partial charge is 0.227 e. The SMILES string of the molecule is CC1NCCCC1C(=O)N1CCC2(CCCCC2)C1. The van der Waals surface area contributed by atoms with Crippen LogP contribution in [-0.4, -0.2) is 36.5 Å². The Hall–Kier alpha value is -0.570. The van der Waals surface area contributed by atoms with Crippen molar-refractivity contribution in [3.05, 3.63) is 0 Å². The van der Waals surface area contributed by atoms with Gasteiger partial charge in [-0.2, -0.15) is 0 Å². The quantitative estimate of drug-likeness (QED) is 0.789. The van der Waals surface area contributed by atoms with Gasteiger partial charge in [-0.05, 0) is 51.0 Å². The first-order valence-corrected chi connectivity index (χ1v) is 8.22. The molecular formula is C16H28N2O. The number of rotatable bonds is 1. The molecule has 3 nitrogen and oxygen atoms in total. The average Bonchev–Trinajstić information content (AvgIpc) is 2.83. The van der Waals surface area contributed by atoms with Gasteiger partial charge in [0.05, 0.1) is 5.92 Å². The number of nitrogens with zero attached hydrogens (tertiary/aromatic N) is 1. The molecule has 2 saturated heterocycles. The van der Waals surface area contributed by atoms with E-state index in [2.05, 4.69) is 17.1 Å². The molecule has 0 bridgehead atoms. The van der Waals surface area contributed by atoms with Crippen LogP contribution in [0.1, 0.15) is 58.3 Å². The van der Waals surface area contributed by atoms with Crippen LogP contribution in [-0.2, 0) is 4.79 Å². The number of hydrogen-bond acceptors (Lipinski definition) is 2. The van der Waals surface area contributed by atoms with Crippen LogP contribution in [0.3, 0.4) is 0 Å². The second kappa shape index (κ2) is 5.43. The van der Waals surface area contributed by atoms with Gasteiger partial charge in [0, 0.05) is 19.1 Å². The summed E-state index contributed by atoms with van der Waals surface area (Å²) >= 11 is 0. The van der Waals surface area contributed by atoms with Crippen LogP contribution >= 0.6 is 0 Å². The molecule has 0 aromatic carbocycles. The molecule has 1 saturated carbocycles. The molecule has 1 spiro atoms. The molecule has 3 heteroatoms. The van der Waals surface area contributed by atoms with Crippen LogP contribution in [0, 0.1) is 11.3 Å². The van der Waals surface area contributed by atoms with Gasteiger partial charge in [0.15, 0.2) is 0 Å². The molecule has 2 heterocycles. The lowest BCUT2D eigenvalue weighted by molar-refractivity contribution is -0.136. The maximum atomic E-state index is 12.7. The molecule has 0 aromatic heterocycles. The number of amides is 1. The number of nitrogens with one attached hydrogen (secondary N) is 1. The Labute approximate surface area is 117 Å². The maximum Gasteiger partial charge on any atom is 0.227 e. The normalized spacial score (nSPS) is 34.7. The molecule has 1 amide bonds. The summed E-state index contributed by atoms with van der Waals surface area (Å²) < 4.78 is 0. The zero-order valence-electron chi connectivity index (χ0n) is 12.3. The lowest BCUT2D eigenvalue weighted by Gasteiger charge is -2.35. The summed E-state index contributed by atoms with van der Waals surface area (Å²) in [6, 6.07) is 0.365. The third-order valence-electron chi connectivity index (χ3n) is 5.74. The van der Waals surface area contributed by atoms with E-state index in [4.69, 9.17) is 0 Å². The number of hydrogen-bond donors (Lipinski definition) is 1. The predicted molar refractivity (Wildman–Crippen MR) is 76.9 cm³/mol. The fraction of sp³-hybridized carbons (Fsp3) is 0.938. The highest BCUT2D eigenvalue weighted by molar-refractivity contribution is 5.80. The van der Waals surface area contributed by atoms with Crippen molar-refractivity contribution in [2.45, 2.75) is 64.3 Å². The van der Waals surface area contributed by atoms with E-state index in [1.165, 1.54) is 38.5 Å². The molecule has 1 aliphatic carbocycles. The van der Waals surface area contributed by atoms with Crippen molar-refractivity contribution in [1.82, 2.24) is 10.2 Å². The fourth-order valence-electron chi connectivity index (χ4n) is 4.45. The molecular weight excluding hydrogens is 236 g/mol. The monoisotopic (exact) mass is 264 g/mol. The zero-order chi connectivity index (χ0) is 13.3. The average molecular weight is 264 g/mol. The van der Waals surface area contributed by atoms with Crippen LogP contribution in [0.2, 0.25) is 0 Å². The summed E-state index contributed by atoms with van der Waals surface area (Å²) in [4.78, 5) is 14.9. The molecule has 2 unspecified atom stereocenters. The summed E-state index contributed by atoms with van der Waals surface area (Å²) in [5, 5.41) is 3.46. The van der Waals surface area contributed by atoms with Gasteiger partial charge in [0.25, 0.3) is 0 Å². The third kappa shape index (κ3) is 2.67. The van der Waals surface area contributed by atoms with Gasteiger partial charge in [-0.15, -0.1) is 0 Å². The highest BCUT2D eigenvalue weighted by Gasteiger charge is 2.42. The van der Waals surface area contributed by atoms with Gasteiger partial charge >= 0.3 is 0 Å². The van der Waals surface area contributed by atoms with E-state index in [-0.39, 0.29) is 5.92 Å². The summed E-state index contributed by atoms with van der Waals surface area (Å²) in [6.07, 6.45) is 10.4. The van der Waals surface area contributed by atoms with Gasteiger partial charge in [-0.1, -0.05) is 19.3 Å². The Morgan fingerprint density at radius 2 is 1.95 bits per heavy atom. The van der Waals surface area contributed by atoms with E-state index in [0.717, 1.165) is 32.5 Å². The summed E-state index contributed by atoms with van der Waals surface area (Å²) in [6.45, 7) is 5.32. The minimum absolute atomic E-state index is 0.229. The zero-order valence-corrected chi connectivity index (χ0v) is 12.3. The molecule has 108 valence electrons. The fourth-order valence-corrected chi connectivity index (χ4v) is 4.45. The van der Waals surface area contributed by atoms with Gasteiger partial charge in [-0.25, -0.2) is 0 Å². The minimum atomic E-state index is 0.229. The molecule has 0 aromatic rings. The van der Waals surface area contributed by atoms with Crippen LogP contribution < -0.4 is 5.32 Å². The molecule has 3 rings (SSSR count). The Balaban J connectivity index is 1.62. The number of carbonyl (C=O) groups is 1. The second-order valence-electron chi connectivity index (χ2n) is 7.06. The van der Waals surface area contributed by atoms with Gasteiger partial charge in [0.2, 0.25) is 5.91 Å². The molecule has 1 N–H and O–H groups in total. The third-order valence-corrected chi connectivity index (χ3v) is 5.74. The minimum Gasteiger partial charge on any atom is -0.342 e. The van der Waals surface area contributed by atoms with Gasteiger partial charge in [-0.3, -0.25) is 4.79 Å². The number of likely N-dealkylation sites (tertiary alicyclic amines) is 1. The number of carbonyl (C=O) groups excluding carboxylic acids is 1. The van der Waals surface area contributed by atoms with E-state index in [9.17, 15) is 4.79 Å². The van der Waals surface area contributed by atoms with Crippen LogP contribution in [0.15, 0.2) is 0 Å². The first kappa shape index (κ1) is 13.4. The van der Waals surface area contributed by atoms with Crippen LogP contribution in [0.25, 0.3) is 0 Å². The molecule has 3 aliphatic rings. The van der Waals surface area contributed by atoms with Crippen molar-refractivity contribution < 1.29 is 4.79 Å². The maximum absolute atomic E-state index is 12.7. The largest absolute Gasteiger partial charge is 0.342 e. The molecule has 2 aliphatic heterocycles. The van der Waals surface area contributed by atoms with Crippen molar-refractivity contribution in [2.75, 3.05) is 19.6 Å². The lowest BCUT2D eigenvalue weighted by atomic mass is 9.73. The van der Waals surface area contributed by atoms with E-state index >= 15 is 0 Å². The van der Waals surface area contributed by atoms with Crippen molar-refractivity contribution in [1.29, 1.82) is 0 Å². The molecule has 2 atom stereocenters. The van der Waals surface area contributed by atoms with Crippen LogP contribution in [0.5, 0.6) is 0 Å². The highest BCUT2D eigenvalue weighted by Crippen LogP contribution is 2.44. The topological polar surface area (TPSA) is 32.3 Å². The first-order valence-electron chi connectivity index (χ1n) is 8.22. The standard InChI is InChI=1S/C16H28N2O/c1-13-14(6-5-10-17-13)15(19)18-11-9-16(12-18)7-3-2-4-8-16/h13-14,17H,2-12H2,1H3. The predicted octanol–water partition coefficient (Wildman–Crippen LogP) is 2.56. The summed E-state index contributed by atoms with van der Waals surface area (Å²) in [7, 11) is 0. The Kier molecular flexibility index (Phi) is 3.84. The number of piperidine rings is 1. The van der Waals surface area contributed by atoms with Gasteiger partial charge < -0.3 is 10.2 Å². The summed E-state index contributed by atoms with van der Waals surface area (Å²) in [5.74, 6) is 0.662. The summed E-state index contributed by atoms with van der Waals surface area (Å²) in [5.41, 5.74) is 0.499. The second-order valence-corrected chi connectivity index (χ2v) is 7.06. The van der Waals surface area contributed by atoms with Crippen molar-refractivity contribution in [2.24, 2.45) is 11.3 Å². The Morgan fingerprint density at radius 3 is 2.68 bits per heavy atom. The Morgan fingerprint density at radius 1 is 1.16 bits per heavy atom. The molecule has 19 heavy (non-hydrogen) atoms. The van der Waals surface area contributed by atoms with Crippen molar-refractivity contribution in [3.63, 3.8) is 0 Å². The van der Waals surface area contributed by atoms with E-state index < -0.39 is 0 Å². The first-order chi connectivity index (χ1) is 9.20. The lowest BCUT2D eigenvalue weighted by Crippen LogP contribution is -2.48. The van der Waals surface area contributed by atoms with Crippen LogP contribution in [0.4, 0.5) is 0 Å². The highest BCUT2D eigenvalue weighted by atomic mass is 16.2. The van der Waals surface area contributed by atoms with E-state index in [0.29, 0.717) is 17.4 Å². The van der Waals surface area contributed by atoms with Gasteiger partial charge in [0.1, 0.15) is 0 Å². The Bertz CT molecular complexity index is 336.